The van der Waals surface area contributed by atoms with Crippen molar-refractivity contribution in [2.75, 3.05) is 13.2 Å². The number of hydrogen-bond donors (Lipinski definition) is 3. The van der Waals surface area contributed by atoms with Crippen LogP contribution in [0.1, 0.15) is 63.0 Å². The van der Waals surface area contributed by atoms with E-state index in [1.54, 1.807) is 6.92 Å². The summed E-state index contributed by atoms with van der Waals surface area (Å²) in [6, 6.07) is 16.2. The fourth-order valence-corrected chi connectivity index (χ4v) is 5.36. The number of alkyl carbamates (subject to hydrolysis) is 1. The zero-order valence-electron chi connectivity index (χ0n) is 20.4. The van der Waals surface area contributed by atoms with Gasteiger partial charge >= 0.3 is 12.1 Å². The zero-order chi connectivity index (χ0) is 25.0. The zero-order valence-corrected chi connectivity index (χ0v) is 20.4. The van der Waals surface area contributed by atoms with Crippen LogP contribution in [0.4, 0.5) is 4.79 Å². The number of rotatable bonds is 8. The SMILES string of the molecule is CCC(C)(NC(=O)OCC1c2ccccc2-c2ccccc21)C(=O)NCC1CCCCC1C(=O)O. The third kappa shape index (κ3) is 5.19. The maximum atomic E-state index is 13.0. The number of aliphatic carboxylic acids is 1. The summed E-state index contributed by atoms with van der Waals surface area (Å²) in [4.78, 5) is 37.3. The molecule has 3 unspecified atom stereocenters. The van der Waals surface area contributed by atoms with E-state index in [2.05, 4.69) is 34.9 Å². The first-order chi connectivity index (χ1) is 16.8. The van der Waals surface area contributed by atoms with Crippen LogP contribution in [0.25, 0.3) is 11.1 Å². The van der Waals surface area contributed by atoms with E-state index in [9.17, 15) is 19.5 Å². The molecule has 2 aliphatic carbocycles. The normalized spacial score (nSPS) is 20.7. The lowest BCUT2D eigenvalue weighted by molar-refractivity contribution is -0.145. The maximum Gasteiger partial charge on any atom is 0.408 e. The van der Waals surface area contributed by atoms with Gasteiger partial charge in [-0.2, -0.15) is 0 Å². The molecule has 0 spiro atoms. The van der Waals surface area contributed by atoms with E-state index >= 15 is 0 Å². The van der Waals surface area contributed by atoms with Gasteiger partial charge in [-0.3, -0.25) is 9.59 Å². The third-order valence-corrected chi connectivity index (χ3v) is 7.68. The summed E-state index contributed by atoms with van der Waals surface area (Å²) < 4.78 is 5.62. The number of carboxylic acids is 1. The van der Waals surface area contributed by atoms with Gasteiger partial charge in [-0.05, 0) is 54.4 Å². The van der Waals surface area contributed by atoms with Gasteiger partial charge < -0.3 is 20.5 Å². The van der Waals surface area contributed by atoms with Crippen molar-refractivity contribution in [2.24, 2.45) is 11.8 Å². The lowest BCUT2D eigenvalue weighted by Gasteiger charge is -2.32. The van der Waals surface area contributed by atoms with Crippen LogP contribution in [0, 0.1) is 11.8 Å². The Morgan fingerprint density at radius 2 is 1.60 bits per heavy atom. The topological polar surface area (TPSA) is 105 Å². The molecular weight excluding hydrogens is 444 g/mol. The summed E-state index contributed by atoms with van der Waals surface area (Å²) in [6.07, 6.45) is 3.01. The van der Waals surface area contributed by atoms with Gasteiger partial charge in [0, 0.05) is 12.5 Å². The van der Waals surface area contributed by atoms with E-state index < -0.39 is 23.5 Å². The van der Waals surface area contributed by atoms with E-state index in [0.29, 0.717) is 12.8 Å². The van der Waals surface area contributed by atoms with Crippen LogP contribution in [-0.2, 0) is 14.3 Å². The molecular formula is C28H34N2O5. The van der Waals surface area contributed by atoms with Crippen LogP contribution in [-0.4, -0.2) is 41.8 Å². The fourth-order valence-electron chi connectivity index (χ4n) is 5.36. The summed E-state index contributed by atoms with van der Waals surface area (Å²) >= 11 is 0. The number of carbonyl (C=O) groups excluding carboxylic acids is 2. The van der Waals surface area contributed by atoms with Crippen LogP contribution in [0.2, 0.25) is 0 Å². The summed E-state index contributed by atoms with van der Waals surface area (Å²) in [6.45, 7) is 3.95. The van der Waals surface area contributed by atoms with Crippen LogP contribution in [0.3, 0.4) is 0 Å². The molecule has 1 fully saturated rings. The second-order valence-electron chi connectivity index (χ2n) is 9.84. The standard InChI is InChI=1S/C28H34N2O5/c1-3-28(2,26(33)29-16-18-10-4-5-11-19(18)25(31)32)30-27(34)35-17-24-22-14-8-6-12-20(22)21-13-7-9-15-23(21)24/h6-9,12-15,18-19,24H,3-5,10-11,16-17H2,1-2H3,(H,29,33)(H,30,34)(H,31,32). The Hall–Kier alpha value is -3.35. The lowest BCUT2D eigenvalue weighted by atomic mass is 9.79. The molecule has 1 saturated carbocycles. The molecule has 7 nitrogen and oxygen atoms in total. The molecule has 0 saturated heterocycles. The van der Waals surface area contributed by atoms with Gasteiger partial charge in [0.25, 0.3) is 0 Å². The number of carbonyl (C=O) groups is 3. The molecule has 2 aromatic rings. The Balaban J connectivity index is 1.36. The van der Waals surface area contributed by atoms with Gasteiger partial charge in [-0.25, -0.2) is 4.79 Å². The maximum absolute atomic E-state index is 13.0. The number of carboxylic acid groups (broad SMARTS) is 1. The first kappa shape index (κ1) is 24.8. The molecule has 35 heavy (non-hydrogen) atoms. The number of nitrogens with one attached hydrogen (secondary N) is 2. The molecule has 0 heterocycles. The van der Waals surface area contributed by atoms with E-state index in [4.69, 9.17) is 4.74 Å². The van der Waals surface area contributed by atoms with Gasteiger partial charge in [0.15, 0.2) is 0 Å². The largest absolute Gasteiger partial charge is 0.481 e. The minimum Gasteiger partial charge on any atom is -0.481 e. The second-order valence-corrected chi connectivity index (χ2v) is 9.84. The monoisotopic (exact) mass is 478 g/mol. The molecule has 3 atom stereocenters. The average Bonchev–Trinajstić information content (AvgIpc) is 3.19. The Bertz CT molecular complexity index is 1050. The Morgan fingerprint density at radius 1 is 1.00 bits per heavy atom. The summed E-state index contributed by atoms with van der Waals surface area (Å²) in [7, 11) is 0. The van der Waals surface area contributed by atoms with Gasteiger partial charge in [0.1, 0.15) is 12.1 Å². The number of hydrogen-bond acceptors (Lipinski definition) is 4. The molecule has 0 aromatic heterocycles. The van der Waals surface area contributed by atoms with Crippen molar-refractivity contribution >= 4 is 18.0 Å². The van der Waals surface area contributed by atoms with Crippen LogP contribution >= 0.6 is 0 Å². The second kappa shape index (κ2) is 10.5. The molecule has 7 heteroatoms. The predicted molar refractivity (Wildman–Crippen MR) is 133 cm³/mol. The Morgan fingerprint density at radius 3 is 2.20 bits per heavy atom. The fraction of sp³-hybridized carbons (Fsp3) is 0.464. The van der Waals surface area contributed by atoms with Gasteiger partial charge in [-0.1, -0.05) is 68.3 Å². The molecule has 2 amide bonds. The Labute approximate surface area is 206 Å². The van der Waals surface area contributed by atoms with E-state index in [0.717, 1.165) is 41.5 Å². The van der Waals surface area contributed by atoms with Crippen LogP contribution < -0.4 is 10.6 Å². The van der Waals surface area contributed by atoms with Crippen molar-refractivity contribution in [1.82, 2.24) is 10.6 Å². The van der Waals surface area contributed by atoms with E-state index in [1.807, 2.05) is 31.2 Å². The van der Waals surface area contributed by atoms with E-state index in [-0.39, 0.29) is 30.9 Å². The number of amides is 2. The summed E-state index contributed by atoms with van der Waals surface area (Å²) in [5, 5.41) is 15.1. The van der Waals surface area contributed by atoms with Crippen molar-refractivity contribution < 1.29 is 24.2 Å². The van der Waals surface area contributed by atoms with Crippen LogP contribution in [0.15, 0.2) is 48.5 Å². The minimum atomic E-state index is -1.16. The first-order valence-electron chi connectivity index (χ1n) is 12.5. The number of benzene rings is 2. The highest BCUT2D eigenvalue weighted by atomic mass is 16.5. The van der Waals surface area contributed by atoms with Crippen molar-refractivity contribution in [3.63, 3.8) is 0 Å². The molecule has 0 bridgehead atoms. The Kier molecular flexibility index (Phi) is 7.43. The number of ether oxygens (including phenoxy) is 1. The molecule has 0 aliphatic heterocycles. The average molecular weight is 479 g/mol. The molecule has 2 aromatic carbocycles. The predicted octanol–water partition coefficient (Wildman–Crippen LogP) is 4.70. The van der Waals surface area contributed by atoms with Crippen molar-refractivity contribution in [1.29, 1.82) is 0 Å². The van der Waals surface area contributed by atoms with Crippen LogP contribution in [0.5, 0.6) is 0 Å². The van der Waals surface area contributed by atoms with Crippen molar-refractivity contribution in [3.8, 4) is 11.1 Å². The highest BCUT2D eigenvalue weighted by Crippen LogP contribution is 2.44. The lowest BCUT2D eigenvalue weighted by Crippen LogP contribution is -2.57. The first-order valence-corrected chi connectivity index (χ1v) is 12.5. The smallest absolute Gasteiger partial charge is 0.408 e. The van der Waals surface area contributed by atoms with Crippen molar-refractivity contribution in [3.05, 3.63) is 59.7 Å². The van der Waals surface area contributed by atoms with Gasteiger partial charge in [-0.15, -0.1) is 0 Å². The number of fused-ring (bicyclic) bond motifs is 3. The highest BCUT2D eigenvalue weighted by molar-refractivity contribution is 5.89. The highest BCUT2D eigenvalue weighted by Gasteiger charge is 2.37. The molecule has 2 aliphatic rings. The molecule has 3 N–H and O–H groups in total. The van der Waals surface area contributed by atoms with E-state index in [1.165, 1.54) is 0 Å². The molecule has 0 radical (unpaired) electrons. The molecule has 4 rings (SSSR count). The minimum absolute atomic E-state index is 0.0610. The van der Waals surface area contributed by atoms with Gasteiger partial charge in [0.05, 0.1) is 5.92 Å². The quantitative estimate of drug-likeness (QED) is 0.510. The van der Waals surface area contributed by atoms with Gasteiger partial charge in [0.2, 0.25) is 5.91 Å². The molecule has 186 valence electrons. The summed E-state index contributed by atoms with van der Waals surface area (Å²) in [5.41, 5.74) is 3.39. The third-order valence-electron chi connectivity index (χ3n) is 7.68. The van der Waals surface area contributed by atoms with Crippen molar-refractivity contribution in [2.45, 2.75) is 57.4 Å². The summed E-state index contributed by atoms with van der Waals surface area (Å²) in [5.74, 6) is -1.73.